The Morgan fingerprint density at radius 1 is 1.00 bits per heavy atom. The lowest BCUT2D eigenvalue weighted by atomic mass is 10.1. The Balaban J connectivity index is 1.59. The molecule has 1 N–H and O–H groups in total. The van der Waals surface area contributed by atoms with Crippen molar-refractivity contribution in [2.75, 3.05) is 41.3 Å². The van der Waals surface area contributed by atoms with Crippen LogP contribution >= 0.6 is 11.6 Å². The van der Waals surface area contributed by atoms with Crippen molar-refractivity contribution in [1.82, 2.24) is 0 Å². The highest BCUT2D eigenvalue weighted by atomic mass is 35.5. The predicted octanol–water partition coefficient (Wildman–Crippen LogP) is 5.17. The van der Waals surface area contributed by atoms with Crippen molar-refractivity contribution in [2.24, 2.45) is 0 Å². The van der Waals surface area contributed by atoms with Crippen LogP contribution in [-0.4, -0.2) is 41.1 Å². The summed E-state index contributed by atoms with van der Waals surface area (Å²) in [6.45, 7) is 1.60. The fourth-order valence-electron chi connectivity index (χ4n) is 4.12. The maximum absolute atomic E-state index is 13.6. The number of anilines is 3. The monoisotopic (exact) mass is 513 g/mol. The van der Waals surface area contributed by atoms with Crippen molar-refractivity contribution in [2.45, 2.75) is 24.2 Å². The molecule has 0 aliphatic carbocycles. The molecule has 3 aromatic rings. The van der Waals surface area contributed by atoms with Crippen molar-refractivity contribution in [3.8, 4) is 5.75 Å². The quantitative estimate of drug-likeness (QED) is 0.449. The highest BCUT2D eigenvalue weighted by Gasteiger charge is 2.29. The van der Waals surface area contributed by atoms with E-state index in [9.17, 15) is 13.2 Å². The van der Waals surface area contributed by atoms with Crippen LogP contribution in [-0.2, 0) is 14.8 Å². The van der Waals surface area contributed by atoms with Gasteiger partial charge in [-0.15, -0.1) is 0 Å². The molecular weight excluding hydrogens is 486 g/mol. The van der Waals surface area contributed by atoms with Gasteiger partial charge in [0.2, 0.25) is 5.91 Å². The van der Waals surface area contributed by atoms with Crippen LogP contribution in [0.15, 0.2) is 77.7 Å². The Morgan fingerprint density at radius 3 is 2.34 bits per heavy atom. The molecule has 0 radical (unpaired) electrons. The number of halogens is 1. The number of methoxy groups -OCH3 is 1. The summed E-state index contributed by atoms with van der Waals surface area (Å²) in [4.78, 5) is 15.4. The highest BCUT2D eigenvalue weighted by Crippen LogP contribution is 2.35. The molecule has 0 bridgehead atoms. The number of carbonyl (C=O) groups is 1. The summed E-state index contributed by atoms with van der Waals surface area (Å²) in [5, 5.41) is 3.13. The van der Waals surface area contributed by atoms with Gasteiger partial charge in [0.25, 0.3) is 10.0 Å². The van der Waals surface area contributed by atoms with Gasteiger partial charge in [-0.05, 0) is 73.9 Å². The van der Waals surface area contributed by atoms with Gasteiger partial charge in [0, 0.05) is 29.5 Å². The van der Waals surface area contributed by atoms with Crippen molar-refractivity contribution in [3.63, 3.8) is 0 Å². The molecule has 9 heteroatoms. The van der Waals surface area contributed by atoms with Crippen LogP contribution in [0.1, 0.15) is 19.3 Å². The molecule has 3 aromatic carbocycles. The SMILES string of the molecule is COc1ccc(Cl)cc1N(CC(=O)Nc1ccc(N2CCCCC2)cc1)S(=O)(=O)c1ccccc1. The number of benzene rings is 3. The number of amides is 1. The van der Waals surface area contributed by atoms with Gasteiger partial charge < -0.3 is 15.0 Å². The zero-order chi connectivity index (χ0) is 24.8. The second kappa shape index (κ2) is 11.0. The van der Waals surface area contributed by atoms with Gasteiger partial charge in [0.1, 0.15) is 12.3 Å². The first-order valence-electron chi connectivity index (χ1n) is 11.4. The molecule has 1 amide bonds. The second-order valence-electron chi connectivity index (χ2n) is 8.28. The number of nitrogens with one attached hydrogen (secondary N) is 1. The normalized spacial score (nSPS) is 13.8. The third-order valence-electron chi connectivity index (χ3n) is 5.90. The topological polar surface area (TPSA) is 79.0 Å². The number of sulfonamides is 1. The summed E-state index contributed by atoms with van der Waals surface area (Å²) in [6, 6.07) is 20.2. The lowest BCUT2D eigenvalue weighted by molar-refractivity contribution is -0.114. The molecule has 4 rings (SSSR count). The Bertz CT molecular complexity index is 1260. The van der Waals surface area contributed by atoms with Crippen LogP contribution < -0.4 is 19.3 Å². The average molecular weight is 514 g/mol. The van der Waals surface area contributed by atoms with Gasteiger partial charge in [-0.3, -0.25) is 9.10 Å². The molecular formula is C26H28ClN3O4S. The van der Waals surface area contributed by atoms with E-state index in [2.05, 4.69) is 10.2 Å². The Labute approximate surface area is 211 Å². The van der Waals surface area contributed by atoms with E-state index in [1.807, 2.05) is 24.3 Å². The summed E-state index contributed by atoms with van der Waals surface area (Å²) in [5.41, 5.74) is 1.88. The van der Waals surface area contributed by atoms with Gasteiger partial charge in [-0.1, -0.05) is 29.8 Å². The van der Waals surface area contributed by atoms with E-state index in [1.165, 1.54) is 44.6 Å². The molecule has 1 aliphatic rings. The number of ether oxygens (including phenoxy) is 1. The minimum Gasteiger partial charge on any atom is -0.495 e. The van der Waals surface area contributed by atoms with E-state index >= 15 is 0 Å². The van der Waals surface area contributed by atoms with E-state index in [1.54, 1.807) is 30.3 Å². The van der Waals surface area contributed by atoms with Crippen LogP contribution in [0, 0.1) is 0 Å². The van der Waals surface area contributed by atoms with Gasteiger partial charge in [-0.2, -0.15) is 0 Å². The molecule has 1 heterocycles. The predicted molar refractivity (Wildman–Crippen MR) is 140 cm³/mol. The summed E-state index contributed by atoms with van der Waals surface area (Å²) >= 11 is 6.18. The van der Waals surface area contributed by atoms with Crippen LogP contribution in [0.25, 0.3) is 0 Å². The van der Waals surface area contributed by atoms with Crippen LogP contribution in [0.2, 0.25) is 5.02 Å². The zero-order valence-electron chi connectivity index (χ0n) is 19.5. The summed E-state index contributed by atoms with van der Waals surface area (Å²) in [6.07, 6.45) is 3.61. The number of piperidine rings is 1. The number of hydrogen-bond acceptors (Lipinski definition) is 5. The second-order valence-corrected chi connectivity index (χ2v) is 10.6. The van der Waals surface area contributed by atoms with Gasteiger partial charge >= 0.3 is 0 Å². The maximum atomic E-state index is 13.6. The lowest BCUT2D eigenvalue weighted by Gasteiger charge is -2.29. The van der Waals surface area contributed by atoms with Gasteiger partial charge in [-0.25, -0.2) is 8.42 Å². The molecule has 1 fully saturated rings. The first-order chi connectivity index (χ1) is 16.9. The smallest absolute Gasteiger partial charge is 0.264 e. The number of rotatable bonds is 8. The molecule has 0 spiro atoms. The Hall–Kier alpha value is -3.23. The van der Waals surface area contributed by atoms with Gasteiger partial charge in [0.05, 0.1) is 17.7 Å². The minimum absolute atomic E-state index is 0.0562. The number of carbonyl (C=O) groups excluding carboxylic acids is 1. The van der Waals surface area contributed by atoms with E-state index in [0.717, 1.165) is 23.1 Å². The lowest BCUT2D eigenvalue weighted by Crippen LogP contribution is -2.38. The van der Waals surface area contributed by atoms with Gasteiger partial charge in [0.15, 0.2) is 0 Å². The summed E-state index contributed by atoms with van der Waals surface area (Å²) in [7, 11) is -2.65. The molecule has 184 valence electrons. The third-order valence-corrected chi connectivity index (χ3v) is 7.91. The molecule has 1 saturated heterocycles. The van der Waals surface area contributed by atoms with E-state index < -0.39 is 22.5 Å². The Morgan fingerprint density at radius 2 is 1.69 bits per heavy atom. The molecule has 7 nitrogen and oxygen atoms in total. The van der Waals surface area contributed by atoms with Crippen LogP contribution in [0.4, 0.5) is 17.1 Å². The highest BCUT2D eigenvalue weighted by molar-refractivity contribution is 7.92. The van der Waals surface area contributed by atoms with Crippen LogP contribution in [0.3, 0.4) is 0 Å². The molecule has 1 aliphatic heterocycles. The maximum Gasteiger partial charge on any atom is 0.264 e. The van der Waals surface area contributed by atoms with Crippen molar-refractivity contribution in [3.05, 3.63) is 77.8 Å². The van der Waals surface area contributed by atoms with E-state index in [0.29, 0.717) is 10.7 Å². The summed E-state index contributed by atoms with van der Waals surface area (Å²) < 4.78 is 33.5. The summed E-state index contributed by atoms with van der Waals surface area (Å²) in [5.74, 6) is -0.204. The van der Waals surface area contributed by atoms with E-state index in [-0.39, 0.29) is 16.3 Å². The molecule has 0 aromatic heterocycles. The molecule has 0 saturated carbocycles. The van der Waals surface area contributed by atoms with Crippen molar-refractivity contribution in [1.29, 1.82) is 0 Å². The zero-order valence-corrected chi connectivity index (χ0v) is 21.1. The largest absolute Gasteiger partial charge is 0.495 e. The molecule has 35 heavy (non-hydrogen) atoms. The van der Waals surface area contributed by atoms with Crippen molar-refractivity contribution < 1.29 is 17.9 Å². The number of hydrogen-bond donors (Lipinski definition) is 1. The standard InChI is InChI=1S/C26H28ClN3O4S/c1-34-25-15-10-20(27)18-24(25)30(35(32,33)23-8-4-2-5-9-23)19-26(31)28-21-11-13-22(14-12-21)29-16-6-3-7-17-29/h2,4-5,8-15,18H,3,6-7,16-17,19H2,1H3,(H,28,31). The van der Waals surface area contributed by atoms with Crippen LogP contribution in [0.5, 0.6) is 5.75 Å². The fourth-order valence-corrected chi connectivity index (χ4v) is 5.73. The molecule has 0 unspecified atom stereocenters. The first kappa shape index (κ1) is 24.9. The fraction of sp³-hybridized carbons (Fsp3) is 0.269. The van der Waals surface area contributed by atoms with E-state index in [4.69, 9.17) is 16.3 Å². The Kier molecular flexibility index (Phi) is 7.83. The minimum atomic E-state index is -4.08. The van der Waals surface area contributed by atoms with Crippen molar-refractivity contribution >= 4 is 44.6 Å². The average Bonchev–Trinajstić information content (AvgIpc) is 2.88. The third kappa shape index (κ3) is 5.89. The first-order valence-corrected chi connectivity index (χ1v) is 13.3. The molecule has 0 atom stereocenters. The number of nitrogens with zero attached hydrogens (tertiary/aromatic N) is 2.